The third-order valence-corrected chi connectivity index (χ3v) is 7.21. The summed E-state index contributed by atoms with van der Waals surface area (Å²) in [5.74, 6) is 0.880. The standard InChI is InChI=1S/C22H22N.C17H12N.Ir/c1-16(2)18-9-11-20(12-10-18)22-15-21(13-14-23-22)17(3)19-7-5-4-6-8-19;1-2-7-14(8-3-1)15-9-6-10-16(13-15)17-11-4-5-12-18-17;/h4-11,13-17H,1-3H3;1-9,11-13H;/q2*-1;. The smallest absolute Gasteiger partial charge is 0.0163 e. The van der Waals surface area contributed by atoms with E-state index in [1.54, 1.807) is 6.20 Å². The van der Waals surface area contributed by atoms with Gasteiger partial charge >= 0.3 is 0 Å². The monoisotopic (exact) mass is 723 g/mol. The van der Waals surface area contributed by atoms with Gasteiger partial charge in [-0.2, -0.15) is 0 Å². The zero-order valence-electron chi connectivity index (χ0n) is 24.2. The van der Waals surface area contributed by atoms with E-state index in [1.807, 2.05) is 48.7 Å². The number of pyridine rings is 2. The Balaban J connectivity index is 0.000000193. The predicted molar refractivity (Wildman–Crippen MR) is 171 cm³/mol. The molecule has 3 heteroatoms. The topological polar surface area (TPSA) is 25.8 Å². The Hall–Kier alpha value is -4.17. The first-order chi connectivity index (χ1) is 20.1. The summed E-state index contributed by atoms with van der Waals surface area (Å²) in [5, 5.41) is 0. The molecule has 1 atom stereocenters. The Morgan fingerprint density at radius 1 is 0.524 bits per heavy atom. The summed E-state index contributed by atoms with van der Waals surface area (Å²) in [7, 11) is 0. The van der Waals surface area contributed by atoms with Gasteiger partial charge in [0.15, 0.2) is 0 Å². The average Bonchev–Trinajstić information content (AvgIpc) is 3.06. The Labute approximate surface area is 263 Å². The predicted octanol–water partition coefficient (Wildman–Crippen LogP) is 10.0. The van der Waals surface area contributed by atoms with Gasteiger partial charge in [0.1, 0.15) is 0 Å². The van der Waals surface area contributed by atoms with E-state index in [-0.39, 0.29) is 20.1 Å². The fourth-order valence-corrected chi connectivity index (χ4v) is 4.70. The van der Waals surface area contributed by atoms with Crippen molar-refractivity contribution in [3.05, 3.63) is 169 Å². The molecule has 1 radical (unpaired) electrons. The van der Waals surface area contributed by atoms with E-state index in [0.717, 1.165) is 22.5 Å². The first-order valence-electron chi connectivity index (χ1n) is 14.1. The molecular formula is C39H34IrN2-2. The molecule has 0 spiro atoms. The molecule has 0 saturated heterocycles. The van der Waals surface area contributed by atoms with Crippen molar-refractivity contribution < 1.29 is 20.1 Å². The average molecular weight is 723 g/mol. The minimum atomic E-state index is 0. The summed E-state index contributed by atoms with van der Waals surface area (Å²) >= 11 is 0. The molecule has 0 fully saturated rings. The second-order valence-electron chi connectivity index (χ2n) is 10.4. The van der Waals surface area contributed by atoms with Crippen LogP contribution >= 0.6 is 0 Å². The van der Waals surface area contributed by atoms with Crippen molar-refractivity contribution in [2.45, 2.75) is 32.6 Å². The van der Waals surface area contributed by atoms with Crippen LogP contribution in [0.25, 0.3) is 33.6 Å². The van der Waals surface area contributed by atoms with E-state index in [0.29, 0.717) is 11.8 Å². The number of aromatic nitrogens is 2. The molecule has 0 saturated carbocycles. The van der Waals surface area contributed by atoms with Crippen molar-refractivity contribution in [2.24, 2.45) is 0 Å². The van der Waals surface area contributed by atoms with Crippen LogP contribution in [0.5, 0.6) is 0 Å². The second kappa shape index (κ2) is 15.2. The third kappa shape index (κ3) is 7.97. The Morgan fingerprint density at radius 2 is 1.24 bits per heavy atom. The maximum Gasteiger partial charge on any atom is 0.0163 e. The van der Waals surface area contributed by atoms with Gasteiger partial charge in [0, 0.05) is 38.4 Å². The summed E-state index contributed by atoms with van der Waals surface area (Å²) in [5.41, 5.74) is 10.3. The van der Waals surface area contributed by atoms with Gasteiger partial charge in [-0.15, -0.1) is 70.8 Å². The van der Waals surface area contributed by atoms with Gasteiger partial charge in [-0.25, -0.2) is 0 Å². The van der Waals surface area contributed by atoms with Crippen molar-refractivity contribution in [3.8, 4) is 33.6 Å². The summed E-state index contributed by atoms with van der Waals surface area (Å²) in [6.07, 6.45) is 3.70. The van der Waals surface area contributed by atoms with Gasteiger partial charge in [-0.05, 0) is 40.2 Å². The van der Waals surface area contributed by atoms with Crippen LogP contribution in [0.3, 0.4) is 0 Å². The van der Waals surface area contributed by atoms with Gasteiger partial charge in [0.2, 0.25) is 0 Å². The number of hydrogen-bond donors (Lipinski definition) is 0. The van der Waals surface area contributed by atoms with Crippen LogP contribution in [-0.4, -0.2) is 9.97 Å². The van der Waals surface area contributed by atoms with Gasteiger partial charge in [0.05, 0.1) is 0 Å². The largest absolute Gasteiger partial charge is 0.305 e. The molecule has 0 aliphatic rings. The molecule has 0 aliphatic heterocycles. The molecule has 2 heterocycles. The normalized spacial score (nSPS) is 11.1. The second-order valence-corrected chi connectivity index (χ2v) is 10.4. The Kier molecular flexibility index (Phi) is 11.1. The van der Waals surface area contributed by atoms with E-state index in [9.17, 15) is 0 Å². The number of rotatable bonds is 6. The van der Waals surface area contributed by atoms with Crippen molar-refractivity contribution in [1.82, 2.24) is 9.97 Å². The summed E-state index contributed by atoms with van der Waals surface area (Å²) < 4.78 is 0. The van der Waals surface area contributed by atoms with Crippen molar-refractivity contribution in [1.29, 1.82) is 0 Å². The van der Waals surface area contributed by atoms with Gasteiger partial charge in [-0.3, -0.25) is 0 Å². The fraction of sp³-hybridized carbons (Fsp3) is 0.128. The maximum atomic E-state index is 4.53. The maximum absolute atomic E-state index is 4.53. The number of benzene rings is 4. The van der Waals surface area contributed by atoms with E-state index < -0.39 is 0 Å². The van der Waals surface area contributed by atoms with Crippen LogP contribution in [0.2, 0.25) is 0 Å². The van der Waals surface area contributed by atoms with E-state index in [1.165, 1.54) is 27.8 Å². The zero-order valence-corrected chi connectivity index (χ0v) is 26.6. The first-order valence-corrected chi connectivity index (χ1v) is 14.1. The van der Waals surface area contributed by atoms with Crippen molar-refractivity contribution in [2.75, 3.05) is 0 Å². The molecule has 211 valence electrons. The summed E-state index contributed by atoms with van der Waals surface area (Å²) in [6.45, 7) is 6.63. The number of nitrogens with zero attached hydrogens (tertiary/aromatic N) is 2. The molecule has 6 aromatic rings. The van der Waals surface area contributed by atoms with E-state index in [2.05, 4.69) is 128 Å². The van der Waals surface area contributed by atoms with Crippen LogP contribution in [-0.2, 0) is 20.1 Å². The molecule has 2 aromatic heterocycles. The Bertz CT molecular complexity index is 1590. The third-order valence-electron chi connectivity index (χ3n) is 7.21. The van der Waals surface area contributed by atoms with Crippen LogP contribution < -0.4 is 0 Å². The summed E-state index contributed by atoms with van der Waals surface area (Å²) in [4.78, 5) is 8.88. The molecule has 1 unspecified atom stereocenters. The van der Waals surface area contributed by atoms with Crippen LogP contribution in [0.1, 0.15) is 49.3 Å². The molecule has 6 rings (SSSR count). The molecular weight excluding hydrogens is 689 g/mol. The SMILES string of the molecule is CC(C)c1c[c-]c(-c2cc(C(C)c3ccccc3)ccn2)cc1.[Ir].[c-]1ccc(-c2ccccc2)cc1-c1ccccn1. The molecule has 0 amide bonds. The quantitative estimate of drug-likeness (QED) is 0.160. The molecule has 0 bridgehead atoms. The van der Waals surface area contributed by atoms with Crippen LogP contribution in [0.4, 0.5) is 0 Å². The first kappa shape index (κ1) is 30.8. The minimum absolute atomic E-state index is 0. The van der Waals surface area contributed by atoms with Gasteiger partial charge in [0.25, 0.3) is 0 Å². The van der Waals surface area contributed by atoms with Crippen LogP contribution in [0, 0.1) is 12.1 Å². The summed E-state index contributed by atoms with van der Waals surface area (Å²) in [6, 6.07) is 50.2. The molecule has 2 nitrogen and oxygen atoms in total. The molecule has 42 heavy (non-hydrogen) atoms. The minimum Gasteiger partial charge on any atom is -0.305 e. The molecule has 4 aromatic carbocycles. The number of hydrogen-bond acceptors (Lipinski definition) is 2. The zero-order chi connectivity index (χ0) is 28.4. The van der Waals surface area contributed by atoms with Crippen molar-refractivity contribution in [3.63, 3.8) is 0 Å². The van der Waals surface area contributed by atoms with Gasteiger partial charge < -0.3 is 9.97 Å². The van der Waals surface area contributed by atoms with E-state index in [4.69, 9.17) is 0 Å². The Morgan fingerprint density at radius 3 is 1.90 bits per heavy atom. The van der Waals surface area contributed by atoms with Crippen LogP contribution in [0.15, 0.2) is 140 Å². The van der Waals surface area contributed by atoms with E-state index >= 15 is 0 Å². The van der Waals surface area contributed by atoms with Crippen molar-refractivity contribution >= 4 is 0 Å². The molecule has 0 aliphatic carbocycles. The fourth-order valence-electron chi connectivity index (χ4n) is 4.70. The molecule has 0 N–H and O–H groups in total. The van der Waals surface area contributed by atoms with Gasteiger partial charge in [-0.1, -0.05) is 106 Å².